The van der Waals surface area contributed by atoms with Gasteiger partial charge in [0.05, 0.1) is 13.7 Å². The molecule has 0 aromatic carbocycles. The van der Waals surface area contributed by atoms with E-state index in [0.717, 1.165) is 7.11 Å². The van der Waals surface area contributed by atoms with Crippen molar-refractivity contribution in [2.75, 3.05) is 19.5 Å². The van der Waals surface area contributed by atoms with Gasteiger partial charge in [-0.05, 0) is 27.7 Å². The van der Waals surface area contributed by atoms with Crippen molar-refractivity contribution in [2.45, 2.75) is 44.6 Å². The van der Waals surface area contributed by atoms with E-state index in [9.17, 15) is 23.2 Å². The van der Waals surface area contributed by atoms with E-state index in [1.807, 2.05) is 0 Å². The van der Waals surface area contributed by atoms with Gasteiger partial charge in [0.2, 0.25) is 0 Å². The van der Waals surface area contributed by atoms with Crippen molar-refractivity contribution < 1.29 is 37.4 Å². The molecule has 0 radical (unpaired) electrons. The van der Waals surface area contributed by atoms with Gasteiger partial charge in [0, 0.05) is 5.75 Å². The van der Waals surface area contributed by atoms with Crippen LogP contribution in [0.4, 0.5) is 13.6 Å². The number of carbonyl (C=O) groups is 3. The van der Waals surface area contributed by atoms with Crippen LogP contribution in [0.1, 0.15) is 27.7 Å². The number of amides is 1. The number of hydrogen-bond donors (Lipinski definition) is 1. The molecule has 7 nitrogen and oxygen atoms in total. The number of halogens is 2. The van der Waals surface area contributed by atoms with Crippen molar-refractivity contribution >= 4 is 29.8 Å². The lowest BCUT2D eigenvalue weighted by atomic mass is 10.2. The fourth-order valence-corrected chi connectivity index (χ4v) is 1.99. The Balaban J connectivity index is 4.78. The lowest BCUT2D eigenvalue weighted by molar-refractivity contribution is -0.159. The Bertz CT molecular complexity index is 439. The number of methoxy groups -OCH3 is 1. The van der Waals surface area contributed by atoms with E-state index in [2.05, 4.69) is 14.8 Å². The number of nitrogens with one attached hydrogen (secondary N) is 1. The predicted molar refractivity (Wildman–Crippen MR) is 79.2 cm³/mol. The first kappa shape index (κ1) is 21.4. The van der Waals surface area contributed by atoms with Gasteiger partial charge in [-0.3, -0.25) is 0 Å². The fraction of sp³-hybridized carbons (Fsp3) is 0.769. The molecule has 0 aliphatic heterocycles. The standard InChI is InChI=1S/C13H21F2NO6S/c1-6-21-10(18)13(14,15)23-7-8(9(17)20-5)16-11(19)22-12(2,3)4/h8H,6-7H2,1-5H3,(H,16,19). The Hall–Kier alpha value is -1.58. The molecule has 0 saturated heterocycles. The molecule has 0 bridgehead atoms. The Morgan fingerprint density at radius 3 is 2.22 bits per heavy atom. The van der Waals surface area contributed by atoms with Gasteiger partial charge in [-0.2, -0.15) is 8.78 Å². The van der Waals surface area contributed by atoms with Crippen LogP contribution in [0.5, 0.6) is 0 Å². The Morgan fingerprint density at radius 2 is 1.78 bits per heavy atom. The Kier molecular flexibility index (Phi) is 8.29. The quantitative estimate of drug-likeness (QED) is 0.550. The molecule has 10 heteroatoms. The second-order valence-corrected chi connectivity index (χ2v) is 6.40. The first-order chi connectivity index (χ1) is 10.4. The average molecular weight is 357 g/mol. The maximum atomic E-state index is 13.5. The second-order valence-electron chi connectivity index (χ2n) is 5.27. The van der Waals surface area contributed by atoms with Gasteiger partial charge < -0.3 is 19.5 Å². The summed E-state index contributed by atoms with van der Waals surface area (Å²) in [7, 11) is 1.04. The molecule has 1 N–H and O–H groups in total. The highest BCUT2D eigenvalue weighted by molar-refractivity contribution is 8.01. The van der Waals surface area contributed by atoms with Crippen LogP contribution in [0.3, 0.4) is 0 Å². The summed E-state index contributed by atoms with van der Waals surface area (Å²) in [5.74, 6) is -3.26. The summed E-state index contributed by atoms with van der Waals surface area (Å²) in [6, 6.07) is -1.40. The molecule has 0 rings (SSSR count). The third kappa shape index (κ3) is 8.58. The first-order valence-electron chi connectivity index (χ1n) is 6.69. The van der Waals surface area contributed by atoms with Crippen molar-refractivity contribution in [3.8, 4) is 0 Å². The van der Waals surface area contributed by atoms with Crippen LogP contribution in [-0.4, -0.2) is 54.4 Å². The van der Waals surface area contributed by atoms with Gasteiger partial charge in [0.25, 0.3) is 0 Å². The minimum Gasteiger partial charge on any atom is -0.467 e. The molecule has 0 saturated carbocycles. The van der Waals surface area contributed by atoms with Crippen molar-refractivity contribution in [3.05, 3.63) is 0 Å². The number of esters is 2. The van der Waals surface area contributed by atoms with Crippen molar-refractivity contribution in [2.24, 2.45) is 0 Å². The number of hydrogen-bond acceptors (Lipinski definition) is 7. The minimum atomic E-state index is -3.85. The third-order valence-electron chi connectivity index (χ3n) is 2.12. The zero-order valence-corrected chi connectivity index (χ0v) is 14.4. The molecule has 1 unspecified atom stereocenters. The first-order valence-corrected chi connectivity index (χ1v) is 7.67. The number of thioether (sulfide) groups is 1. The zero-order chi connectivity index (χ0) is 18.3. The van der Waals surface area contributed by atoms with E-state index in [1.165, 1.54) is 6.92 Å². The summed E-state index contributed by atoms with van der Waals surface area (Å²) < 4.78 is 40.7. The number of rotatable bonds is 7. The molecule has 0 heterocycles. The highest BCUT2D eigenvalue weighted by atomic mass is 32.2. The van der Waals surface area contributed by atoms with Crippen molar-refractivity contribution in [1.82, 2.24) is 5.32 Å². The van der Waals surface area contributed by atoms with Crippen molar-refractivity contribution in [3.63, 3.8) is 0 Å². The van der Waals surface area contributed by atoms with E-state index in [1.54, 1.807) is 20.8 Å². The second kappa shape index (κ2) is 8.90. The maximum absolute atomic E-state index is 13.5. The molecule has 1 atom stereocenters. The summed E-state index contributed by atoms with van der Waals surface area (Å²) in [6.45, 7) is 5.99. The van der Waals surface area contributed by atoms with Gasteiger partial charge in [-0.15, -0.1) is 0 Å². The summed E-state index contributed by atoms with van der Waals surface area (Å²) in [5, 5.41) is -1.72. The molecule has 1 amide bonds. The van der Waals surface area contributed by atoms with Gasteiger partial charge in [-0.25, -0.2) is 14.4 Å². The van der Waals surface area contributed by atoms with Crippen LogP contribution in [-0.2, 0) is 23.8 Å². The van der Waals surface area contributed by atoms with Crippen LogP contribution in [0, 0.1) is 0 Å². The third-order valence-corrected chi connectivity index (χ3v) is 3.15. The van der Waals surface area contributed by atoms with Gasteiger partial charge in [-0.1, -0.05) is 11.8 Å². The Labute approximate surface area is 137 Å². The number of alkyl halides is 2. The lowest BCUT2D eigenvalue weighted by Gasteiger charge is -2.23. The van der Waals surface area contributed by atoms with Crippen molar-refractivity contribution in [1.29, 1.82) is 0 Å². The molecule has 134 valence electrons. The van der Waals surface area contributed by atoms with Gasteiger partial charge in [0.1, 0.15) is 11.6 Å². The molecule has 0 aromatic heterocycles. The van der Waals surface area contributed by atoms with E-state index in [-0.39, 0.29) is 18.4 Å². The summed E-state index contributed by atoms with van der Waals surface area (Å²) in [5.41, 5.74) is -0.827. The molecule has 0 spiro atoms. The minimum absolute atomic E-state index is 0.140. The monoisotopic (exact) mass is 357 g/mol. The summed E-state index contributed by atoms with van der Waals surface area (Å²) >= 11 is -0.140. The van der Waals surface area contributed by atoms with Crippen LogP contribution in [0.2, 0.25) is 0 Å². The van der Waals surface area contributed by atoms with Gasteiger partial charge in [0.15, 0.2) is 0 Å². The largest absolute Gasteiger partial charge is 0.467 e. The van der Waals surface area contributed by atoms with Crippen LogP contribution < -0.4 is 5.32 Å². The molecule has 0 aliphatic carbocycles. The normalized spacial score (nSPS) is 13.0. The molecule has 0 fully saturated rings. The SMILES string of the molecule is CCOC(=O)C(F)(F)SCC(NC(=O)OC(C)(C)C)C(=O)OC. The van der Waals surface area contributed by atoms with E-state index in [4.69, 9.17) is 4.74 Å². The smallest absolute Gasteiger partial charge is 0.408 e. The van der Waals surface area contributed by atoms with E-state index < -0.39 is 40.7 Å². The molecular formula is C13H21F2NO6S. The van der Waals surface area contributed by atoms with Crippen LogP contribution >= 0.6 is 11.8 Å². The molecule has 0 aromatic rings. The van der Waals surface area contributed by atoms with E-state index >= 15 is 0 Å². The lowest BCUT2D eigenvalue weighted by Crippen LogP contribution is -2.46. The van der Waals surface area contributed by atoms with Gasteiger partial charge >= 0.3 is 23.3 Å². The average Bonchev–Trinajstić information content (AvgIpc) is 2.40. The number of carbonyl (C=O) groups excluding carboxylic acids is 3. The molecule has 0 aliphatic rings. The van der Waals surface area contributed by atoms with Crippen LogP contribution in [0.15, 0.2) is 0 Å². The summed E-state index contributed by atoms with van der Waals surface area (Å²) in [6.07, 6.45) is -0.965. The maximum Gasteiger partial charge on any atom is 0.408 e. The number of alkyl carbamates (subject to hydrolysis) is 1. The highest BCUT2D eigenvalue weighted by Gasteiger charge is 2.42. The summed E-state index contributed by atoms with van der Waals surface area (Å²) in [4.78, 5) is 34.3. The fourth-order valence-electron chi connectivity index (χ4n) is 1.22. The van der Waals surface area contributed by atoms with E-state index in [0.29, 0.717) is 0 Å². The Morgan fingerprint density at radius 1 is 1.22 bits per heavy atom. The predicted octanol–water partition coefficient (Wildman–Crippen LogP) is 1.94. The topological polar surface area (TPSA) is 90.9 Å². The molecule has 23 heavy (non-hydrogen) atoms. The molecular weight excluding hydrogens is 336 g/mol. The zero-order valence-electron chi connectivity index (χ0n) is 13.6. The highest BCUT2D eigenvalue weighted by Crippen LogP contribution is 2.31. The number of ether oxygens (including phenoxy) is 3. The van der Waals surface area contributed by atoms with Crippen LogP contribution in [0.25, 0.3) is 0 Å².